The number of carbonyl (C=O) groups excluding carboxylic acids is 1. The van der Waals surface area contributed by atoms with Crippen molar-refractivity contribution in [3.63, 3.8) is 0 Å². The number of nitrogens with zero attached hydrogens (tertiary/aromatic N) is 5. The number of hydrogen-bond acceptors (Lipinski definition) is 5. The Morgan fingerprint density at radius 3 is 2.62 bits per heavy atom. The highest BCUT2D eigenvalue weighted by Crippen LogP contribution is 2.25. The fourth-order valence-electron chi connectivity index (χ4n) is 3.44. The summed E-state index contributed by atoms with van der Waals surface area (Å²) in [6, 6.07) is 3.66. The molecule has 8 heteroatoms. The summed E-state index contributed by atoms with van der Waals surface area (Å²) in [5.41, 5.74) is 0.779. The third kappa shape index (κ3) is 2.93. The summed E-state index contributed by atoms with van der Waals surface area (Å²) >= 11 is 6.08. The van der Waals surface area contributed by atoms with Crippen LogP contribution in [-0.4, -0.2) is 64.8 Å². The summed E-state index contributed by atoms with van der Waals surface area (Å²) in [6.45, 7) is 4.33. The van der Waals surface area contributed by atoms with Crippen LogP contribution in [0.15, 0.2) is 18.3 Å². The molecule has 2 aliphatic heterocycles. The number of ether oxygens (including phenoxy) is 1. The van der Waals surface area contributed by atoms with Crippen LogP contribution >= 0.6 is 11.6 Å². The highest BCUT2D eigenvalue weighted by Gasteiger charge is 2.30. The first kappa shape index (κ1) is 15.7. The lowest BCUT2D eigenvalue weighted by molar-refractivity contribution is -0.140. The van der Waals surface area contributed by atoms with Crippen LogP contribution in [0, 0.1) is 5.92 Å². The Hall–Kier alpha value is -1.86. The molecular formula is C16H20ClN5O2. The first-order chi connectivity index (χ1) is 11.7. The van der Waals surface area contributed by atoms with Gasteiger partial charge in [0, 0.05) is 38.3 Å². The van der Waals surface area contributed by atoms with Gasteiger partial charge in [-0.2, -0.15) is 0 Å². The highest BCUT2D eigenvalue weighted by molar-refractivity contribution is 6.30. The minimum absolute atomic E-state index is 0.0992. The molecule has 0 aromatic carbocycles. The fourth-order valence-corrected chi connectivity index (χ4v) is 3.60. The van der Waals surface area contributed by atoms with E-state index in [2.05, 4.69) is 15.1 Å². The maximum absolute atomic E-state index is 12.6. The van der Waals surface area contributed by atoms with Crippen LogP contribution < -0.4 is 4.90 Å². The number of piperidine rings is 1. The lowest BCUT2D eigenvalue weighted by Crippen LogP contribution is -2.47. The van der Waals surface area contributed by atoms with E-state index in [9.17, 15) is 4.79 Å². The predicted molar refractivity (Wildman–Crippen MR) is 90.3 cm³/mol. The minimum atomic E-state index is 0.0992. The molecule has 7 nitrogen and oxygen atoms in total. The number of pyridine rings is 1. The van der Waals surface area contributed by atoms with Crippen LogP contribution in [0.2, 0.25) is 5.02 Å². The molecule has 0 N–H and O–H groups in total. The lowest BCUT2D eigenvalue weighted by atomic mass is 9.95. The Kier molecular flexibility index (Phi) is 4.28. The van der Waals surface area contributed by atoms with Crippen molar-refractivity contribution < 1.29 is 9.53 Å². The third-order valence-electron chi connectivity index (χ3n) is 4.80. The molecule has 0 saturated carbocycles. The zero-order valence-corrected chi connectivity index (χ0v) is 14.2. The van der Waals surface area contributed by atoms with Gasteiger partial charge in [0.25, 0.3) is 0 Å². The average molecular weight is 350 g/mol. The van der Waals surface area contributed by atoms with E-state index in [1.807, 2.05) is 27.6 Å². The number of aromatic nitrogens is 3. The second-order valence-corrected chi connectivity index (χ2v) is 6.71. The van der Waals surface area contributed by atoms with Crippen LogP contribution in [0.4, 0.5) is 5.95 Å². The zero-order valence-electron chi connectivity index (χ0n) is 13.4. The molecule has 2 saturated heterocycles. The Morgan fingerprint density at radius 1 is 1.12 bits per heavy atom. The summed E-state index contributed by atoms with van der Waals surface area (Å²) in [5, 5.41) is 9.13. The van der Waals surface area contributed by atoms with Gasteiger partial charge >= 0.3 is 0 Å². The van der Waals surface area contributed by atoms with Crippen molar-refractivity contribution in [2.45, 2.75) is 12.8 Å². The third-order valence-corrected chi connectivity index (χ3v) is 5.02. The van der Waals surface area contributed by atoms with Crippen molar-refractivity contribution in [1.29, 1.82) is 0 Å². The summed E-state index contributed by atoms with van der Waals surface area (Å²) in [5.74, 6) is 1.17. The average Bonchev–Trinajstić information content (AvgIpc) is 3.05. The van der Waals surface area contributed by atoms with Gasteiger partial charge in [0.05, 0.1) is 18.2 Å². The highest BCUT2D eigenvalue weighted by atomic mass is 35.5. The molecule has 24 heavy (non-hydrogen) atoms. The van der Waals surface area contributed by atoms with E-state index >= 15 is 0 Å². The van der Waals surface area contributed by atoms with E-state index in [1.165, 1.54) is 0 Å². The van der Waals surface area contributed by atoms with Gasteiger partial charge in [0.15, 0.2) is 5.65 Å². The van der Waals surface area contributed by atoms with E-state index in [-0.39, 0.29) is 11.8 Å². The van der Waals surface area contributed by atoms with Crippen molar-refractivity contribution in [3.05, 3.63) is 23.4 Å². The van der Waals surface area contributed by atoms with E-state index in [0.29, 0.717) is 31.3 Å². The van der Waals surface area contributed by atoms with Crippen LogP contribution in [-0.2, 0) is 9.53 Å². The van der Waals surface area contributed by atoms with Gasteiger partial charge in [0.2, 0.25) is 11.9 Å². The van der Waals surface area contributed by atoms with E-state index in [0.717, 1.165) is 37.5 Å². The van der Waals surface area contributed by atoms with Crippen molar-refractivity contribution in [1.82, 2.24) is 19.5 Å². The predicted octanol–water partition coefficient (Wildman–Crippen LogP) is 1.46. The normalized spacial score (nSPS) is 19.9. The number of anilines is 1. The van der Waals surface area contributed by atoms with Gasteiger partial charge in [-0.15, -0.1) is 10.2 Å². The quantitative estimate of drug-likeness (QED) is 0.821. The van der Waals surface area contributed by atoms with Gasteiger partial charge < -0.3 is 14.5 Å². The van der Waals surface area contributed by atoms with Crippen molar-refractivity contribution in [2.75, 3.05) is 44.3 Å². The minimum Gasteiger partial charge on any atom is -0.378 e. The number of hydrogen-bond donors (Lipinski definition) is 0. The largest absolute Gasteiger partial charge is 0.378 e. The smallest absolute Gasteiger partial charge is 0.231 e. The molecule has 2 aliphatic rings. The van der Waals surface area contributed by atoms with Gasteiger partial charge in [-0.05, 0) is 25.0 Å². The Bertz CT molecular complexity index is 735. The Labute approximate surface area is 145 Å². The van der Waals surface area contributed by atoms with E-state index in [4.69, 9.17) is 16.3 Å². The number of halogens is 1. The molecule has 2 aromatic rings. The first-order valence-electron chi connectivity index (χ1n) is 8.34. The van der Waals surface area contributed by atoms with Crippen LogP contribution in [0.1, 0.15) is 12.8 Å². The molecule has 0 spiro atoms. The van der Waals surface area contributed by atoms with Crippen molar-refractivity contribution in [2.24, 2.45) is 5.92 Å². The molecule has 0 atom stereocenters. The summed E-state index contributed by atoms with van der Waals surface area (Å²) in [6.07, 6.45) is 3.51. The number of carbonyl (C=O) groups is 1. The van der Waals surface area contributed by atoms with Gasteiger partial charge in [-0.3, -0.25) is 9.20 Å². The Morgan fingerprint density at radius 2 is 1.88 bits per heavy atom. The molecule has 2 aromatic heterocycles. The van der Waals surface area contributed by atoms with Crippen LogP contribution in [0.5, 0.6) is 0 Å². The summed E-state index contributed by atoms with van der Waals surface area (Å²) in [4.78, 5) is 16.7. The maximum Gasteiger partial charge on any atom is 0.231 e. The molecule has 0 unspecified atom stereocenters. The molecule has 4 rings (SSSR count). The molecule has 1 amide bonds. The van der Waals surface area contributed by atoms with Crippen LogP contribution in [0.25, 0.3) is 5.65 Å². The number of amides is 1. The topological polar surface area (TPSA) is 63.0 Å². The first-order valence-corrected chi connectivity index (χ1v) is 8.72. The van der Waals surface area contributed by atoms with Crippen molar-refractivity contribution >= 4 is 29.1 Å². The molecule has 0 bridgehead atoms. The van der Waals surface area contributed by atoms with E-state index < -0.39 is 0 Å². The summed E-state index contributed by atoms with van der Waals surface area (Å²) < 4.78 is 7.23. The molecule has 2 fully saturated rings. The molecule has 0 aliphatic carbocycles. The zero-order chi connectivity index (χ0) is 16.5. The van der Waals surface area contributed by atoms with Gasteiger partial charge in [-0.1, -0.05) is 11.6 Å². The SMILES string of the molecule is O=C(C1CCN(c2nnc3ccc(Cl)cn23)CC1)N1CCOCC1. The monoisotopic (exact) mass is 349 g/mol. The number of fused-ring (bicyclic) bond motifs is 1. The lowest BCUT2D eigenvalue weighted by Gasteiger charge is -2.35. The van der Waals surface area contributed by atoms with Gasteiger partial charge in [0.1, 0.15) is 0 Å². The second kappa shape index (κ2) is 6.57. The fraction of sp³-hybridized carbons (Fsp3) is 0.562. The van der Waals surface area contributed by atoms with Crippen molar-refractivity contribution in [3.8, 4) is 0 Å². The Balaban J connectivity index is 1.43. The summed E-state index contributed by atoms with van der Waals surface area (Å²) in [7, 11) is 0. The molecule has 4 heterocycles. The van der Waals surface area contributed by atoms with E-state index in [1.54, 1.807) is 0 Å². The van der Waals surface area contributed by atoms with Gasteiger partial charge in [-0.25, -0.2) is 0 Å². The second-order valence-electron chi connectivity index (χ2n) is 6.27. The molecular weight excluding hydrogens is 330 g/mol. The standard InChI is InChI=1S/C16H20ClN5O2/c17-13-1-2-14-18-19-16(22(14)11-13)21-5-3-12(4-6-21)15(23)20-7-9-24-10-8-20/h1-2,11-12H,3-10H2. The molecule has 128 valence electrons. The maximum atomic E-state index is 12.6. The molecule has 0 radical (unpaired) electrons. The number of morpholine rings is 1. The number of rotatable bonds is 2. The van der Waals surface area contributed by atoms with Crippen LogP contribution in [0.3, 0.4) is 0 Å².